The van der Waals surface area contributed by atoms with Crippen molar-refractivity contribution < 1.29 is 28.5 Å². The number of likely N-dealkylation sites (tertiary alicyclic amines) is 1. The fraction of sp³-hybridized carbons (Fsp3) is 0.429. The Hall–Kier alpha value is -2.46. The molecule has 2 N–H and O–H groups in total. The van der Waals surface area contributed by atoms with Gasteiger partial charge in [-0.05, 0) is 68.0 Å². The fourth-order valence-electron chi connectivity index (χ4n) is 5.25. The molecule has 0 unspecified atom stereocenters. The second kappa shape index (κ2) is 13.1. The highest BCUT2D eigenvalue weighted by atomic mass is 35.5. The first-order chi connectivity index (χ1) is 18.2. The maximum Gasteiger partial charge on any atom is 0.303 e. The lowest BCUT2D eigenvalue weighted by Gasteiger charge is -2.38. The highest BCUT2D eigenvalue weighted by Gasteiger charge is 2.31. The molecule has 0 saturated carbocycles. The quantitative estimate of drug-likeness (QED) is 0.269. The van der Waals surface area contributed by atoms with Crippen LogP contribution in [-0.4, -0.2) is 58.6 Å². The first-order valence-corrected chi connectivity index (χ1v) is 13.9. The number of rotatable bonds is 11. The number of aliphatic hydroxyl groups excluding tert-OH is 1. The molecule has 4 rings (SSSR count). The zero-order valence-corrected chi connectivity index (χ0v) is 22.7. The zero-order valence-electron chi connectivity index (χ0n) is 21.1. The Kier molecular flexibility index (Phi) is 9.81. The third-order valence-corrected chi connectivity index (χ3v) is 8.39. The molecule has 6 nitrogen and oxygen atoms in total. The van der Waals surface area contributed by atoms with E-state index in [4.69, 9.17) is 16.3 Å². The van der Waals surface area contributed by atoms with Crippen molar-refractivity contribution >= 4 is 40.2 Å². The summed E-state index contributed by atoms with van der Waals surface area (Å²) in [6, 6.07) is 8.92. The second-order valence-electron chi connectivity index (χ2n) is 9.66. The number of carboxylic acids is 1. The van der Waals surface area contributed by atoms with Crippen LogP contribution in [-0.2, 0) is 4.79 Å². The summed E-state index contributed by atoms with van der Waals surface area (Å²) in [5, 5.41) is 21.8. The standard InChI is InChI=1S/C28H31ClF2N2O4S/c1-37-21-3-4-25-23(14-21)28(24(29)15-32-25)26(34)5-2-17-6-7-33(16-18(17)10-27(35)36)8-9-38-22-12-19(30)11-20(31)13-22/h3-4,11-15,17-18,26,34H,2,5-10,16H2,1H3,(H,35,36)/t17-,18-,26+/m1/s1. The minimum Gasteiger partial charge on any atom is -0.497 e. The summed E-state index contributed by atoms with van der Waals surface area (Å²) in [5.41, 5.74) is 1.31. The Morgan fingerprint density at radius 2 is 2.00 bits per heavy atom. The van der Waals surface area contributed by atoms with Crippen molar-refractivity contribution in [2.45, 2.75) is 36.7 Å². The van der Waals surface area contributed by atoms with E-state index in [9.17, 15) is 23.8 Å². The molecule has 0 aliphatic carbocycles. The van der Waals surface area contributed by atoms with Crippen molar-refractivity contribution in [2.24, 2.45) is 11.8 Å². The van der Waals surface area contributed by atoms with E-state index in [0.717, 1.165) is 24.4 Å². The van der Waals surface area contributed by atoms with Gasteiger partial charge in [-0.3, -0.25) is 9.78 Å². The maximum absolute atomic E-state index is 13.4. The topological polar surface area (TPSA) is 82.9 Å². The molecule has 2 heterocycles. The number of aliphatic carboxylic acids is 1. The van der Waals surface area contributed by atoms with Crippen LogP contribution in [0.2, 0.25) is 5.02 Å². The van der Waals surface area contributed by atoms with Gasteiger partial charge in [0.15, 0.2) is 0 Å². The fourth-order valence-corrected chi connectivity index (χ4v) is 6.50. The number of hydrogen-bond donors (Lipinski definition) is 2. The number of halogens is 3. The summed E-state index contributed by atoms with van der Waals surface area (Å²) in [5.74, 6) is -0.678. The van der Waals surface area contributed by atoms with Crippen LogP contribution >= 0.6 is 23.4 Å². The summed E-state index contributed by atoms with van der Waals surface area (Å²) in [6.07, 6.45) is 2.67. The molecule has 1 fully saturated rings. The van der Waals surface area contributed by atoms with E-state index in [1.165, 1.54) is 30.1 Å². The van der Waals surface area contributed by atoms with Crippen molar-refractivity contribution in [2.75, 3.05) is 32.5 Å². The molecule has 1 saturated heterocycles. The largest absolute Gasteiger partial charge is 0.497 e. The van der Waals surface area contributed by atoms with Gasteiger partial charge in [0.1, 0.15) is 17.4 Å². The number of carbonyl (C=O) groups is 1. The van der Waals surface area contributed by atoms with Gasteiger partial charge in [0.05, 0.1) is 23.8 Å². The summed E-state index contributed by atoms with van der Waals surface area (Å²) < 4.78 is 32.2. The molecule has 10 heteroatoms. The first-order valence-electron chi connectivity index (χ1n) is 12.6. The van der Waals surface area contributed by atoms with E-state index in [2.05, 4.69) is 9.88 Å². The molecule has 204 valence electrons. The van der Waals surface area contributed by atoms with Crippen LogP contribution in [0.3, 0.4) is 0 Å². The van der Waals surface area contributed by atoms with Crippen molar-refractivity contribution in [3.63, 3.8) is 0 Å². The number of aromatic nitrogens is 1. The Morgan fingerprint density at radius 1 is 1.24 bits per heavy atom. The van der Waals surface area contributed by atoms with Gasteiger partial charge in [-0.15, -0.1) is 11.8 Å². The molecular weight excluding hydrogens is 534 g/mol. The number of benzene rings is 2. The van der Waals surface area contributed by atoms with E-state index < -0.39 is 23.7 Å². The molecule has 0 amide bonds. The summed E-state index contributed by atoms with van der Waals surface area (Å²) in [4.78, 5) is 18.7. The first kappa shape index (κ1) is 28.5. The number of carboxylic acid groups (broad SMARTS) is 1. The Labute approximate surface area is 230 Å². The lowest BCUT2D eigenvalue weighted by atomic mass is 9.79. The highest BCUT2D eigenvalue weighted by Crippen LogP contribution is 2.37. The van der Waals surface area contributed by atoms with E-state index in [0.29, 0.717) is 58.4 Å². The summed E-state index contributed by atoms with van der Waals surface area (Å²) in [6.45, 7) is 2.11. The number of aliphatic hydroxyl groups is 1. The number of hydrogen-bond acceptors (Lipinski definition) is 6. The van der Waals surface area contributed by atoms with Crippen LogP contribution in [0.15, 0.2) is 47.5 Å². The molecule has 1 aliphatic rings. The van der Waals surface area contributed by atoms with E-state index in [1.807, 2.05) is 12.1 Å². The third kappa shape index (κ3) is 7.34. The third-order valence-electron chi connectivity index (χ3n) is 7.14. The number of piperidine rings is 1. The molecule has 2 aromatic carbocycles. The number of fused-ring (bicyclic) bond motifs is 1. The van der Waals surface area contributed by atoms with Crippen molar-refractivity contribution in [3.8, 4) is 5.75 Å². The van der Waals surface area contributed by atoms with Gasteiger partial charge in [0, 0.05) is 53.4 Å². The van der Waals surface area contributed by atoms with Crippen molar-refractivity contribution in [1.82, 2.24) is 9.88 Å². The van der Waals surface area contributed by atoms with Gasteiger partial charge < -0.3 is 19.8 Å². The smallest absolute Gasteiger partial charge is 0.303 e. The average Bonchev–Trinajstić information content (AvgIpc) is 2.86. The minimum atomic E-state index is -0.845. The van der Waals surface area contributed by atoms with Gasteiger partial charge in [0.25, 0.3) is 0 Å². The molecule has 0 bridgehead atoms. The van der Waals surface area contributed by atoms with Crippen LogP contribution < -0.4 is 4.74 Å². The second-order valence-corrected chi connectivity index (χ2v) is 11.2. The molecule has 38 heavy (non-hydrogen) atoms. The molecule has 0 spiro atoms. The van der Waals surface area contributed by atoms with Crippen molar-refractivity contribution in [3.05, 3.63) is 64.8 Å². The normalized spacial score (nSPS) is 19.0. The molecule has 1 aromatic heterocycles. The number of methoxy groups -OCH3 is 1. The monoisotopic (exact) mass is 564 g/mol. The summed E-state index contributed by atoms with van der Waals surface area (Å²) >= 11 is 7.83. The Bertz CT molecular complexity index is 1260. The minimum absolute atomic E-state index is 0.0512. The number of thioether (sulfide) groups is 1. The predicted molar refractivity (Wildman–Crippen MR) is 145 cm³/mol. The Balaban J connectivity index is 1.37. The van der Waals surface area contributed by atoms with Gasteiger partial charge in [-0.1, -0.05) is 11.6 Å². The molecule has 0 radical (unpaired) electrons. The lowest BCUT2D eigenvalue weighted by Crippen LogP contribution is -2.42. The highest BCUT2D eigenvalue weighted by molar-refractivity contribution is 7.99. The molecule has 3 atom stereocenters. The van der Waals surface area contributed by atoms with E-state index >= 15 is 0 Å². The predicted octanol–water partition coefficient (Wildman–Crippen LogP) is 6.19. The molecular formula is C28H31ClF2N2O4S. The van der Waals surface area contributed by atoms with Gasteiger partial charge in [-0.25, -0.2) is 8.78 Å². The van der Waals surface area contributed by atoms with Gasteiger partial charge in [-0.2, -0.15) is 0 Å². The van der Waals surface area contributed by atoms with E-state index in [1.54, 1.807) is 13.2 Å². The van der Waals surface area contributed by atoms with E-state index in [-0.39, 0.29) is 18.3 Å². The van der Waals surface area contributed by atoms with Crippen LogP contribution in [0.5, 0.6) is 5.75 Å². The van der Waals surface area contributed by atoms with Crippen LogP contribution in [0.1, 0.15) is 37.4 Å². The maximum atomic E-state index is 13.4. The molecule has 1 aliphatic heterocycles. The van der Waals surface area contributed by atoms with Crippen LogP contribution in [0.4, 0.5) is 8.78 Å². The van der Waals surface area contributed by atoms with Crippen molar-refractivity contribution in [1.29, 1.82) is 0 Å². The van der Waals surface area contributed by atoms with Gasteiger partial charge in [0.2, 0.25) is 0 Å². The average molecular weight is 565 g/mol. The number of nitrogens with zero attached hydrogens (tertiary/aromatic N) is 2. The number of ether oxygens (including phenoxy) is 1. The SMILES string of the molecule is COc1ccc2ncc(Cl)c([C@@H](O)CC[C@@H]3CCN(CCSc4cc(F)cc(F)c4)C[C@H]3CC(=O)O)c2c1. The number of pyridine rings is 1. The lowest BCUT2D eigenvalue weighted by molar-refractivity contribution is -0.139. The molecule has 3 aromatic rings. The van der Waals surface area contributed by atoms with Crippen LogP contribution in [0.25, 0.3) is 10.9 Å². The zero-order chi connectivity index (χ0) is 27.2. The summed E-state index contributed by atoms with van der Waals surface area (Å²) in [7, 11) is 1.57. The van der Waals surface area contributed by atoms with Crippen LogP contribution in [0, 0.1) is 23.5 Å². The van der Waals surface area contributed by atoms with Gasteiger partial charge >= 0.3 is 5.97 Å². The Morgan fingerprint density at radius 3 is 2.71 bits per heavy atom.